The van der Waals surface area contributed by atoms with Crippen LogP contribution in [-0.4, -0.2) is 6.54 Å². The van der Waals surface area contributed by atoms with E-state index in [9.17, 15) is 4.39 Å². The number of halogens is 1. The average molecular weight is 233 g/mol. The van der Waals surface area contributed by atoms with Gasteiger partial charge in [-0.2, -0.15) is 0 Å². The Morgan fingerprint density at radius 1 is 1.24 bits per heavy atom. The van der Waals surface area contributed by atoms with E-state index in [1.165, 1.54) is 6.07 Å². The third-order valence-electron chi connectivity index (χ3n) is 2.76. The van der Waals surface area contributed by atoms with Crippen molar-refractivity contribution in [1.29, 1.82) is 0 Å². The van der Waals surface area contributed by atoms with Gasteiger partial charge in [0.25, 0.3) is 0 Å². The molecule has 90 valence electrons. The van der Waals surface area contributed by atoms with Crippen molar-refractivity contribution in [2.75, 3.05) is 6.54 Å². The van der Waals surface area contributed by atoms with Crippen molar-refractivity contribution in [3.05, 3.63) is 47.7 Å². The topological polar surface area (TPSA) is 25.2 Å². The Kier molecular flexibility index (Phi) is 3.59. The molecule has 1 N–H and O–H groups in total. The van der Waals surface area contributed by atoms with E-state index in [2.05, 4.69) is 5.32 Å². The van der Waals surface area contributed by atoms with E-state index in [0.717, 1.165) is 29.0 Å². The molecule has 0 bridgehead atoms. The summed E-state index contributed by atoms with van der Waals surface area (Å²) in [5, 5.41) is 3.22. The van der Waals surface area contributed by atoms with Crippen molar-refractivity contribution in [1.82, 2.24) is 5.32 Å². The molecule has 0 spiro atoms. The number of hydrogen-bond donors (Lipinski definition) is 1. The van der Waals surface area contributed by atoms with Crippen LogP contribution in [0.2, 0.25) is 0 Å². The summed E-state index contributed by atoms with van der Waals surface area (Å²) in [6, 6.07) is 6.74. The number of furan rings is 1. The first-order chi connectivity index (χ1) is 8.22. The van der Waals surface area contributed by atoms with Gasteiger partial charge >= 0.3 is 0 Å². The zero-order valence-electron chi connectivity index (χ0n) is 10.1. The van der Waals surface area contributed by atoms with Crippen LogP contribution in [0.15, 0.2) is 34.9 Å². The van der Waals surface area contributed by atoms with Crippen molar-refractivity contribution >= 4 is 0 Å². The number of nitrogens with one attached hydrogen (secondary N) is 1. The molecule has 0 fully saturated rings. The fourth-order valence-electron chi connectivity index (χ4n) is 1.89. The van der Waals surface area contributed by atoms with E-state index in [1.54, 1.807) is 18.4 Å². The van der Waals surface area contributed by atoms with E-state index in [-0.39, 0.29) is 5.82 Å². The Morgan fingerprint density at radius 2 is 2.06 bits per heavy atom. The molecule has 0 unspecified atom stereocenters. The molecule has 2 rings (SSSR count). The molecule has 2 nitrogen and oxygen atoms in total. The summed E-state index contributed by atoms with van der Waals surface area (Å²) < 4.78 is 18.5. The lowest BCUT2D eigenvalue weighted by Crippen LogP contribution is -2.11. The van der Waals surface area contributed by atoms with Gasteiger partial charge in [0, 0.05) is 5.56 Å². The van der Waals surface area contributed by atoms with Gasteiger partial charge in [0.05, 0.1) is 12.8 Å². The SMILES string of the molecule is CCNCc1occc1-c1ccc(F)cc1C. The van der Waals surface area contributed by atoms with Gasteiger partial charge in [0.15, 0.2) is 0 Å². The third-order valence-corrected chi connectivity index (χ3v) is 2.76. The highest BCUT2D eigenvalue weighted by molar-refractivity contribution is 5.68. The van der Waals surface area contributed by atoms with E-state index in [0.29, 0.717) is 6.54 Å². The van der Waals surface area contributed by atoms with Gasteiger partial charge in [-0.25, -0.2) is 4.39 Å². The largest absolute Gasteiger partial charge is 0.467 e. The second-order valence-corrected chi connectivity index (χ2v) is 4.00. The number of rotatable bonds is 4. The van der Waals surface area contributed by atoms with Gasteiger partial charge in [0.2, 0.25) is 0 Å². The van der Waals surface area contributed by atoms with Crippen molar-refractivity contribution in [3.63, 3.8) is 0 Å². The molecule has 2 aromatic rings. The molecule has 1 heterocycles. The summed E-state index contributed by atoms with van der Waals surface area (Å²) in [4.78, 5) is 0. The minimum absolute atomic E-state index is 0.206. The van der Waals surface area contributed by atoms with Crippen LogP contribution < -0.4 is 5.32 Å². The van der Waals surface area contributed by atoms with Crippen LogP contribution >= 0.6 is 0 Å². The first kappa shape index (κ1) is 11.9. The zero-order valence-corrected chi connectivity index (χ0v) is 10.1. The van der Waals surface area contributed by atoms with Crippen LogP contribution in [0.3, 0.4) is 0 Å². The maximum absolute atomic E-state index is 13.1. The first-order valence-electron chi connectivity index (χ1n) is 5.76. The average Bonchev–Trinajstić information content (AvgIpc) is 2.74. The predicted molar refractivity (Wildman–Crippen MR) is 66.2 cm³/mol. The fourth-order valence-corrected chi connectivity index (χ4v) is 1.89. The molecule has 0 radical (unpaired) electrons. The molecular weight excluding hydrogens is 217 g/mol. The van der Waals surface area contributed by atoms with Crippen LogP contribution in [-0.2, 0) is 6.54 Å². The molecule has 3 heteroatoms. The van der Waals surface area contributed by atoms with Crippen LogP contribution in [0.4, 0.5) is 4.39 Å². The van der Waals surface area contributed by atoms with Crippen molar-refractivity contribution in [2.45, 2.75) is 20.4 Å². The van der Waals surface area contributed by atoms with Gasteiger partial charge in [-0.1, -0.05) is 13.0 Å². The van der Waals surface area contributed by atoms with Gasteiger partial charge in [-0.15, -0.1) is 0 Å². The Balaban J connectivity index is 2.35. The lowest BCUT2D eigenvalue weighted by Gasteiger charge is -2.06. The maximum atomic E-state index is 13.1. The zero-order chi connectivity index (χ0) is 12.3. The molecular formula is C14H16FNO. The van der Waals surface area contributed by atoms with E-state index in [4.69, 9.17) is 4.42 Å². The smallest absolute Gasteiger partial charge is 0.125 e. The Labute approximate surface area is 100 Å². The molecule has 1 aromatic carbocycles. The highest BCUT2D eigenvalue weighted by Gasteiger charge is 2.10. The summed E-state index contributed by atoms with van der Waals surface area (Å²) in [7, 11) is 0. The Bertz CT molecular complexity index is 505. The van der Waals surface area contributed by atoms with E-state index < -0.39 is 0 Å². The monoisotopic (exact) mass is 233 g/mol. The Morgan fingerprint density at radius 3 is 2.76 bits per heavy atom. The minimum atomic E-state index is -0.206. The van der Waals surface area contributed by atoms with E-state index in [1.807, 2.05) is 19.9 Å². The van der Waals surface area contributed by atoms with Gasteiger partial charge in [-0.05, 0) is 42.8 Å². The van der Waals surface area contributed by atoms with Crippen molar-refractivity contribution < 1.29 is 8.81 Å². The number of benzene rings is 1. The molecule has 17 heavy (non-hydrogen) atoms. The number of aryl methyl sites for hydroxylation is 1. The number of hydrogen-bond acceptors (Lipinski definition) is 2. The van der Waals surface area contributed by atoms with Gasteiger partial charge in [0.1, 0.15) is 11.6 Å². The summed E-state index contributed by atoms with van der Waals surface area (Å²) in [5.74, 6) is 0.685. The quantitative estimate of drug-likeness (QED) is 0.874. The normalized spacial score (nSPS) is 10.8. The lowest BCUT2D eigenvalue weighted by atomic mass is 10.0. The minimum Gasteiger partial charge on any atom is -0.467 e. The molecule has 0 saturated heterocycles. The van der Waals surface area contributed by atoms with E-state index >= 15 is 0 Å². The second kappa shape index (κ2) is 5.15. The second-order valence-electron chi connectivity index (χ2n) is 4.00. The van der Waals surface area contributed by atoms with Gasteiger partial charge in [-0.3, -0.25) is 0 Å². The summed E-state index contributed by atoms with van der Waals surface area (Å²) in [6.45, 7) is 5.53. The molecule has 0 aliphatic carbocycles. The van der Waals surface area contributed by atoms with Crippen LogP contribution in [0.5, 0.6) is 0 Å². The van der Waals surface area contributed by atoms with Crippen LogP contribution in [0.1, 0.15) is 18.2 Å². The summed E-state index contributed by atoms with van der Waals surface area (Å²) >= 11 is 0. The lowest BCUT2D eigenvalue weighted by molar-refractivity contribution is 0.489. The Hall–Kier alpha value is -1.61. The standard InChI is InChI=1S/C14H16FNO/c1-3-16-9-14-13(6-7-17-14)12-5-4-11(15)8-10(12)2/h4-8,16H,3,9H2,1-2H3. The molecule has 0 amide bonds. The summed E-state index contributed by atoms with van der Waals surface area (Å²) in [6.07, 6.45) is 1.67. The van der Waals surface area contributed by atoms with Crippen LogP contribution in [0, 0.1) is 12.7 Å². The third kappa shape index (κ3) is 2.56. The maximum Gasteiger partial charge on any atom is 0.125 e. The highest BCUT2D eigenvalue weighted by atomic mass is 19.1. The van der Waals surface area contributed by atoms with Gasteiger partial charge < -0.3 is 9.73 Å². The molecule has 1 aromatic heterocycles. The van der Waals surface area contributed by atoms with Crippen LogP contribution in [0.25, 0.3) is 11.1 Å². The predicted octanol–water partition coefficient (Wildman–Crippen LogP) is 3.50. The molecule has 0 atom stereocenters. The molecule has 0 saturated carbocycles. The highest BCUT2D eigenvalue weighted by Crippen LogP contribution is 2.28. The first-order valence-corrected chi connectivity index (χ1v) is 5.76. The fraction of sp³-hybridized carbons (Fsp3) is 0.286. The molecule has 0 aliphatic rings. The van der Waals surface area contributed by atoms with Crippen molar-refractivity contribution in [3.8, 4) is 11.1 Å². The molecule has 0 aliphatic heterocycles. The summed E-state index contributed by atoms with van der Waals surface area (Å²) in [5.41, 5.74) is 2.97. The van der Waals surface area contributed by atoms with Crippen molar-refractivity contribution in [2.24, 2.45) is 0 Å².